The van der Waals surface area contributed by atoms with Gasteiger partial charge in [-0.3, -0.25) is 0 Å². The van der Waals surface area contributed by atoms with Gasteiger partial charge in [0.05, 0.1) is 0 Å². The van der Waals surface area contributed by atoms with Crippen LogP contribution in [0.5, 0.6) is 0 Å². The first-order valence-corrected chi connectivity index (χ1v) is 22.5. The maximum Gasteiger partial charge on any atom is 0.252 e. The van der Waals surface area contributed by atoms with Gasteiger partial charge in [0, 0.05) is 56.4 Å². The van der Waals surface area contributed by atoms with Gasteiger partial charge < -0.3 is 14.2 Å². The molecule has 2 aliphatic heterocycles. The molecule has 0 spiro atoms. The second-order valence-corrected chi connectivity index (χ2v) is 20.6. The van der Waals surface area contributed by atoms with Crippen molar-refractivity contribution in [2.24, 2.45) is 0 Å². The highest BCUT2D eigenvalue weighted by Crippen LogP contribution is 2.52. The molecule has 0 saturated heterocycles. The number of anilines is 6. The summed E-state index contributed by atoms with van der Waals surface area (Å²) < 4.78 is 6.73. The molecule has 3 nitrogen and oxygen atoms in total. The number of furan rings is 1. The highest BCUT2D eigenvalue weighted by Gasteiger charge is 2.45. The zero-order chi connectivity index (χ0) is 43.2. The molecule has 4 heteroatoms. The maximum atomic E-state index is 6.73. The Morgan fingerprint density at radius 1 is 0.444 bits per heavy atom. The number of nitrogens with zero attached hydrogens (tertiary/aromatic N) is 2. The van der Waals surface area contributed by atoms with Gasteiger partial charge in [-0.05, 0) is 120 Å². The number of para-hydroxylation sites is 1. The Balaban J connectivity index is 1.18. The first-order valence-electron chi connectivity index (χ1n) is 22.5. The molecule has 306 valence electrons. The second kappa shape index (κ2) is 13.1. The van der Waals surface area contributed by atoms with Crippen molar-refractivity contribution >= 4 is 79.2 Å². The van der Waals surface area contributed by atoms with Crippen LogP contribution in [0.15, 0.2) is 168 Å². The van der Waals surface area contributed by atoms with Crippen molar-refractivity contribution in [1.82, 2.24) is 0 Å². The average molecular weight is 815 g/mol. The molecule has 3 heterocycles. The fourth-order valence-electron chi connectivity index (χ4n) is 10.9. The van der Waals surface area contributed by atoms with E-state index in [1.165, 1.54) is 78.0 Å². The van der Waals surface area contributed by atoms with E-state index in [4.69, 9.17) is 4.42 Å². The van der Waals surface area contributed by atoms with Crippen LogP contribution in [0.25, 0.3) is 44.2 Å². The van der Waals surface area contributed by atoms with Crippen LogP contribution in [0.3, 0.4) is 0 Å². The minimum Gasteiger partial charge on any atom is -0.456 e. The van der Waals surface area contributed by atoms with Crippen molar-refractivity contribution < 1.29 is 4.42 Å². The topological polar surface area (TPSA) is 19.6 Å². The van der Waals surface area contributed by atoms with Crippen LogP contribution in [0.1, 0.15) is 77.6 Å². The summed E-state index contributed by atoms with van der Waals surface area (Å²) in [5, 5.41) is 2.30. The zero-order valence-electron chi connectivity index (χ0n) is 37.5. The predicted octanol–water partition coefficient (Wildman–Crippen LogP) is 14.2. The monoisotopic (exact) mass is 814 g/mol. The van der Waals surface area contributed by atoms with Crippen molar-refractivity contribution in [3.05, 3.63) is 186 Å². The number of rotatable bonds is 3. The van der Waals surface area contributed by atoms with E-state index >= 15 is 0 Å². The van der Waals surface area contributed by atoms with Crippen molar-refractivity contribution in [2.75, 3.05) is 9.80 Å². The van der Waals surface area contributed by atoms with Crippen LogP contribution in [0, 0.1) is 0 Å². The normalized spacial score (nSPS) is 14.7. The molecule has 12 rings (SSSR count). The minimum atomic E-state index is -0.148. The minimum absolute atomic E-state index is 0.0210. The van der Waals surface area contributed by atoms with Crippen LogP contribution < -0.4 is 26.2 Å². The molecule has 3 aliphatic rings. The Kier molecular flexibility index (Phi) is 7.91. The first kappa shape index (κ1) is 37.9. The summed E-state index contributed by atoms with van der Waals surface area (Å²) in [5.74, 6) is 0. The molecule has 0 unspecified atom stereocenters. The van der Waals surface area contributed by atoms with Crippen LogP contribution in [-0.2, 0) is 16.2 Å². The van der Waals surface area contributed by atoms with Gasteiger partial charge >= 0.3 is 0 Å². The average Bonchev–Trinajstić information content (AvgIpc) is 3.75. The molecule has 0 bridgehead atoms. The van der Waals surface area contributed by atoms with Crippen molar-refractivity contribution in [3.63, 3.8) is 0 Å². The van der Waals surface area contributed by atoms with Gasteiger partial charge in [-0.1, -0.05) is 165 Å². The summed E-state index contributed by atoms with van der Waals surface area (Å²) >= 11 is 0. The highest BCUT2D eigenvalue weighted by molar-refractivity contribution is 7.00. The van der Waals surface area contributed by atoms with E-state index in [2.05, 4.69) is 229 Å². The molecule has 0 saturated carbocycles. The van der Waals surface area contributed by atoms with Gasteiger partial charge in [0.1, 0.15) is 11.2 Å². The summed E-state index contributed by atoms with van der Waals surface area (Å²) in [7, 11) is 0. The SMILES string of the molecule is CC(C)(C)c1ccc2c(c1)N(c1ccc(-c3ccccc3)cc1)c1cc(C(C)(C)C)cc3c1B2c1cc2c(cc1N3c1ccc3c(c1)C(C)(C)c1ccccc1-3)oc1ccccc12. The molecule has 0 atom stereocenters. The molecule has 0 N–H and O–H groups in total. The van der Waals surface area contributed by atoms with Crippen molar-refractivity contribution in [2.45, 2.75) is 71.6 Å². The van der Waals surface area contributed by atoms with Gasteiger partial charge in [-0.2, -0.15) is 0 Å². The quantitative estimate of drug-likeness (QED) is 0.166. The summed E-state index contributed by atoms with van der Waals surface area (Å²) in [5.41, 5.74) is 23.0. The lowest BCUT2D eigenvalue weighted by atomic mass is 9.33. The van der Waals surface area contributed by atoms with Crippen molar-refractivity contribution in [1.29, 1.82) is 0 Å². The molecule has 1 aliphatic carbocycles. The van der Waals surface area contributed by atoms with E-state index in [0.29, 0.717) is 0 Å². The number of benzene rings is 8. The fraction of sp³-hybridized carbons (Fsp3) is 0.186. The Bertz CT molecular complexity index is 3340. The van der Waals surface area contributed by atoms with Crippen molar-refractivity contribution in [3.8, 4) is 22.3 Å². The van der Waals surface area contributed by atoms with Gasteiger partial charge in [0.2, 0.25) is 0 Å². The molecule has 0 fully saturated rings. The molecular formula is C59H51BN2O. The largest absolute Gasteiger partial charge is 0.456 e. The summed E-state index contributed by atoms with van der Waals surface area (Å²) in [6.45, 7) is 18.8. The Labute approximate surface area is 371 Å². The van der Waals surface area contributed by atoms with Gasteiger partial charge in [-0.25, -0.2) is 0 Å². The second-order valence-electron chi connectivity index (χ2n) is 20.6. The third-order valence-corrected chi connectivity index (χ3v) is 14.4. The third-order valence-electron chi connectivity index (χ3n) is 14.4. The lowest BCUT2D eigenvalue weighted by Crippen LogP contribution is -2.61. The smallest absolute Gasteiger partial charge is 0.252 e. The van der Waals surface area contributed by atoms with E-state index < -0.39 is 0 Å². The van der Waals surface area contributed by atoms with Gasteiger partial charge in [0.15, 0.2) is 0 Å². The van der Waals surface area contributed by atoms with Crippen LogP contribution in [0.4, 0.5) is 34.1 Å². The molecule has 0 amide bonds. The standard InChI is InChI=1S/C59H51BN2O/c1-57(2,3)38-24-29-48-50(30-38)61(40-25-22-37(23-26-40)36-16-10-9-11-17-36)52-31-39(58(4,5)6)32-53-56(52)60(48)49-34-45-44-19-13-15-21-54(44)63-55(45)35-51(49)62(53)41-27-28-43-42-18-12-14-20-46(42)59(7,8)47(43)33-41/h9-35H,1-8H3. The number of hydrogen-bond acceptors (Lipinski definition) is 3. The molecule has 8 aromatic carbocycles. The van der Waals surface area contributed by atoms with Crippen LogP contribution in [0.2, 0.25) is 0 Å². The van der Waals surface area contributed by atoms with Gasteiger partial charge in [0.25, 0.3) is 6.71 Å². The lowest BCUT2D eigenvalue weighted by molar-refractivity contribution is 0.590. The van der Waals surface area contributed by atoms with E-state index in [0.717, 1.165) is 39.0 Å². The van der Waals surface area contributed by atoms with E-state index in [-0.39, 0.29) is 23.0 Å². The lowest BCUT2D eigenvalue weighted by Gasteiger charge is -2.45. The summed E-state index contributed by atoms with van der Waals surface area (Å²) in [4.78, 5) is 5.14. The van der Waals surface area contributed by atoms with Gasteiger partial charge in [-0.15, -0.1) is 0 Å². The van der Waals surface area contributed by atoms with E-state index in [9.17, 15) is 0 Å². The molecular weight excluding hydrogens is 763 g/mol. The summed E-state index contributed by atoms with van der Waals surface area (Å²) in [6, 6.07) is 61.6. The fourth-order valence-corrected chi connectivity index (χ4v) is 10.9. The molecule has 9 aromatic rings. The molecule has 1 aromatic heterocycles. The van der Waals surface area contributed by atoms with Crippen LogP contribution in [-0.4, -0.2) is 6.71 Å². The first-order chi connectivity index (χ1) is 30.3. The summed E-state index contributed by atoms with van der Waals surface area (Å²) in [6.07, 6.45) is 0. The highest BCUT2D eigenvalue weighted by atomic mass is 16.3. The Morgan fingerprint density at radius 3 is 1.79 bits per heavy atom. The molecule has 63 heavy (non-hydrogen) atoms. The number of hydrogen-bond donors (Lipinski definition) is 0. The Hall–Kier alpha value is -6.78. The van der Waals surface area contributed by atoms with E-state index in [1.54, 1.807) is 0 Å². The molecule has 0 radical (unpaired) electrons. The maximum absolute atomic E-state index is 6.73. The van der Waals surface area contributed by atoms with Crippen LogP contribution >= 0.6 is 0 Å². The predicted molar refractivity (Wildman–Crippen MR) is 268 cm³/mol. The number of fused-ring (bicyclic) bond motifs is 10. The Morgan fingerprint density at radius 2 is 1.05 bits per heavy atom. The van der Waals surface area contributed by atoms with E-state index in [1.807, 2.05) is 0 Å². The zero-order valence-corrected chi connectivity index (χ0v) is 37.5. The third kappa shape index (κ3) is 5.59.